The highest BCUT2D eigenvalue weighted by molar-refractivity contribution is 9.10. The van der Waals surface area contributed by atoms with Crippen LogP contribution in [-0.2, 0) is 69.4 Å². The molecule has 5 aliphatic rings. The monoisotopic (exact) mass is 1120 g/mol. The van der Waals surface area contributed by atoms with E-state index >= 15 is 0 Å². The molecule has 5 fully saturated rings. The maximum Gasteiger partial charge on any atom is 0.494 e. The molecule has 3 saturated heterocycles. The molecule has 77 heavy (non-hydrogen) atoms. The van der Waals surface area contributed by atoms with Gasteiger partial charge in [-0.2, -0.15) is 13.2 Å². The van der Waals surface area contributed by atoms with E-state index in [0.717, 1.165) is 88.0 Å². The van der Waals surface area contributed by atoms with Gasteiger partial charge in [0.1, 0.15) is 28.2 Å². The summed E-state index contributed by atoms with van der Waals surface area (Å²) in [6.07, 6.45) is 3.30. The van der Waals surface area contributed by atoms with Crippen LogP contribution < -0.4 is 5.46 Å². The van der Waals surface area contributed by atoms with Gasteiger partial charge in [-0.25, -0.2) is 8.78 Å². The largest absolute Gasteiger partial charge is 0.494 e. The lowest BCUT2D eigenvalue weighted by Gasteiger charge is -2.41. The Morgan fingerprint density at radius 1 is 0.623 bits per heavy atom. The molecule has 11 rings (SSSR count). The molecule has 0 spiro atoms. The van der Waals surface area contributed by atoms with Crippen LogP contribution in [0.15, 0.2) is 126 Å². The minimum atomic E-state index is -4.48. The van der Waals surface area contributed by atoms with Crippen LogP contribution in [0, 0.1) is 18.6 Å². The summed E-state index contributed by atoms with van der Waals surface area (Å²) in [4.78, 5) is 34.1. The normalized spacial score (nSPS) is 19.8. The van der Waals surface area contributed by atoms with Gasteiger partial charge >= 0.3 is 13.3 Å². The Bertz CT molecular complexity index is 3090. The zero-order valence-electron chi connectivity index (χ0n) is 43.6. The van der Waals surface area contributed by atoms with Crippen LogP contribution in [0.3, 0.4) is 0 Å². The van der Waals surface area contributed by atoms with Gasteiger partial charge in [-0.3, -0.25) is 19.6 Å². The van der Waals surface area contributed by atoms with Gasteiger partial charge in [0.05, 0.1) is 48.8 Å². The number of alkyl halides is 3. The zero-order chi connectivity index (χ0) is 55.2. The Hall–Kier alpha value is -5.53. The molecule has 10 nitrogen and oxygen atoms in total. The van der Waals surface area contributed by atoms with Gasteiger partial charge in [0.15, 0.2) is 11.6 Å². The molecule has 17 heteroatoms. The van der Waals surface area contributed by atoms with Crippen molar-refractivity contribution in [2.75, 3.05) is 26.4 Å². The van der Waals surface area contributed by atoms with E-state index in [1.807, 2.05) is 95.4 Å². The Morgan fingerprint density at radius 3 is 1.47 bits per heavy atom. The number of rotatable bonds is 12. The second kappa shape index (κ2) is 21.6. The van der Waals surface area contributed by atoms with Crippen molar-refractivity contribution in [1.29, 1.82) is 0 Å². The number of nitrogens with zero attached hydrogens (tertiary/aromatic N) is 2. The van der Waals surface area contributed by atoms with Gasteiger partial charge in [-0.15, -0.1) is 0 Å². The third-order valence-electron chi connectivity index (χ3n) is 16.3. The molecule has 2 aliphatic carbocycles. The predicted molar refractivity (Wildman–Crippen MR) is 284 cm³/mol. The van der Waals surface area contributed by atoms with Gasteiger partial charge in [0, 0.05) is 46.5 Å². The highest BCUT2D eigenvalue weighted by Crippen LogP contribution is 2.47. The molecule has 404 valence electrons. The molecule has 0 unspecified atom stereocenters. The van der Waals surface area contributed by atoms with Crippen LogP contribution in [0.25, 0.3) is 11.1 Å². The predicted octanol–water partition coefficient (Wildman–Crippen LogP) is 11.1. The van der Waals surface area contributed by atoms with Crippen LogP contribution in [0.1, 0.15) is 111 Å². The maximum atomic E-state index is 13.2. The fourth-order valence-electron chi connectivity index (χ4n) is 10.1. The van der Waals surface area contributed by atoms with E-state index in [0.29, 0.717) is 43.7 Å². The van der Waals surface area contributed by atoms with Crippen molar-refractivity contribution in [2.24, 2.45) is 0 Å². The van der Waals surface area contributed by atoms with Crippen molar-refractivity contribution in [2.45, 2.75) is 125 Å². The molecule has 0 amide bonds. The van der Waals surface area contributed by atoms with Crippen LogP contribution in [0.4, 0.5) is 22.0 Å². The number of halogens is 6. The van der Waals surface area contributed by atoms with Crippen molar-refractivity contribution < 1.29 is 60.5 Å². The third-order valence-corrected chi connectivity index (χ3v) is 16.9. The summed E-state index contributed by atoms with van der Waals surface area (Å²) < 4.78 is 87.2. The summed E-state index contributed by atoms with van der Waals surface area (Å²) in [5.41, 5.74) is 3.37. The molecule has 3 aliphatic heterocycles. The number of aryl methyl sites for hydroxylation is 1. The Balaban J connectivity index is 0.000000148. The number of carbonyl (C=O) groups is 2. The van der Waals surface area contributed by atoms with E-state index in [1.165, 1.54) is 24.3 Å². The molecular weight excluding hydrogens is 1060 g/mol. The van der Waals surface area contributed by atoms with Gasteiger partial charge in [-0.1, -0.05) is 72.8 Å². The van der Waals surface area contributed by atoms with Crippen molar-refractivity contribution in [3.63, 3.8) is 0 Å². The number of pyridine rings is 2. The molecule has 6 aromatic rings. The standard InChI is InChI=1S/C27H26FNO3.C23H26BFO4.C10H9BrF3NO/c1-18-13-24(27(31)11-2-12-27)23(15-29-18)20-5-7-21(8-6-20)26(16-32-17-26)25(30)14-19-3-9-22(28)10-4-19;1-21(2)22(3,4)29-24(28-21)18-9-7-17(8-10-18)23(14-27-15-23)20(26)13-16-5-11-19(25)12-6-16;11-7-5-15-8(10(12,13)14)4-6(7)9(16)2-1-3-9/h3-10,13,15,31H,2,11-12,14,16-17H2,1H3;5-12H,13-15H2,1-4H3;4-5,16H,1-3H2. The van der Waals surface area contributed by atoms with E-state index in [1.54, 1.807) is 24.3 Å². The fourth-order valence-corrected chi connectivity index (χ4v) is 10.7. The number of hydrogen-bond acceptors (Lipinski definition) is 10. The molecular formula is C60H61BBrF5N2O8. The average molecular weight is 1120 g/mol. The van der Waals surface area contributed by atoms with Gasteiger partial charge in [-0.05, 0) is 164 Å². The summed E-state index contributed by atoms with van der Waals surface area (Å²) in [6.45, 7) is 11.5. The van der Waals surface area contributed by atoms with E-state index in [-0.39, 0.29) is 41.6 Å². The van der Waals surface area contributed by atoms with Crippen LogP contribution in [0.5, 0.6) is 0 Å². The summed E-state index contributed by atoms with van der Waals surface area (Å²) in [6, 6.07) is 30.8. The second-order valence-corrected chi connectivity index (χ2v) is 22.9. The quantitative estimate of drug-likeness (QED) is 0.0900. The first-order valence-electron chi connectivity index (χ1n) is 25.8. The molecule has 5 heterocycles. The number of ether oxygens (including phenoxy) is 2. The molecule has 0 radical (unpaired) electrons. The first-order valence-corrected chi connectivity index (χ1v) is 26.6. The average Bonchev–Trinajstić information content (AvgIpc) is 3.57. The number of carbonyl (C=O) groups excluding carboxylic acids is 2. The number of ketones is 2. The lowest BCUT2D eigenvalue weighted by molar-refractivity contribution is -0.143. The SMILES string of the molecule is CC1(C)OB(c2ccc(C3(C(=O)Cc4ccc(F)cc4)COC3)cc2)OC1(C)C.Cc1cc(C2(O)CCC2)c(-c2ccc(C3(C(=O)Cc4ccc(F)cc4)COC3)cc2)cn1.OC1(c2cc(C(F)(F)F)ncc2Br)CCC1. The smallest absolute Gasteiger partial charge is 0.399 e. The number of hydrogen-bond donors (Lipinski definition) is 2. The van der Waals surface area contributed by atoms with E-state index < -0.39 is 52.2 Å². The number of Topliss-reactive ketones (excluding diaryl/α,β-unsaturated/α-hetero) is 2. The molecule has 0 atom stereocenters. The molecule has 2 aromatic heterocycles. The topological polar surface area (TPSA) is 137 Å². The highest BCUT2D eigenvalue weighted by atomic mass is 79.9. The Kier molecular flexibility index (Phi) is 15.8. The summed E-state index contributed by atoms with van der Waals surface area (Å²) in [5, 5.41) is 21.0. The molecule has 2 N–H and O–H groups in total. The number of aromatic nitrogens is 2. The van der Waals surface area contributed by atoms with Crippen molar-refractivity contribution >= 4 is 40.1 Å². The summed E-state index contributed by atoms with van der Waals surface area (Å²) in [7, 11) is -0.433. The Labute approximate surface area is 454 Å². The Morgan fingerprint density at radius 2 is 1.06 bits per heavy atom. The third kappa shape index (κ3) is 11.5. The highest BCUT2D eigenvalue weighted by Gasteiger charge is 2.53. The molecule has 2 saturated carbocycles. The molecule has 0 bridgehead atoms. The van der Waals surface area contributed by atoms with Gasteiger partial charge in [0.2, 0.25) is 0 Å². The minimum Gasteiger partial charge on any atom is -0.399 e. The van der Waals surface area contributed by atoms with Crippen LogP contribution in [0.2, 0.25) is 0 Å². The van der Waals surface area contributed by atoms with E-state index in [9.17, 15) is 41.8 Å². The van der Waals surface area contributed by atoms with Crippen molar-refractivity contribution in [3.05, 3.63) is 182 Å². The van der Waals surface area contributed by atoms with Gasteiger partial charge < -0.3 is 29.0 Å². The first kappa shape index (κ1) is 56.2. The number of aliphatic hydroxyl groups is 2. The summed E-state index contributed by atoms with van der Waals surface area (Å²) in [5.74, 6) is -0.459. The second-order valence-electron chi connectivity index (χ2n) is 22.1. The molecule has 4 aromatic carbocycles. The van der Waals surface area contributed by atoms with Crippen LogP contribution >= 0.6 is 15.9 Å². The lowest BCUT2D eigenvalue weighted by Crippen LogP contribution is -2.53. The van der Waals surface area contributed by atoms with Gasteiger partial charge in [0.25, 0.3) is 0 Å². The fraction of sp³-hybridized carbons (Fsp3) is 0.400. The maximum absolute atomic E-state index is 13.2. The zero-order valence-corrected chi connectivity index (χ0v) is 45.2. The van der Waals surface area contributed by atoms with E-state index in [2.05, 4.69) is 25.9 Å². The van der Waals surface area contributed by atoms with Crippen molar-refractivity contribution in [3.8, 4) is 11.1 Å². The van der Waals surface area contributed by atoms with E-state index in [4.69, 9.17) is 18.8 Å². The van der Waals surface area contributed by atoms with Crippen molar-refractivity contribution in [1.82, 2.24) is 9.97 Å². The first-order chi connectivity index (χ1) is 36.4. The lowest BCUT2D eigenvalue weighted by atomic mass is 9.71. The number of benzene rings is 4. The minimum absolute atomic E-state index is 0.0737. The van der Waals surface area contributed by atoms with Crippen LogP contribution in [-0.4, -0.2) is 76.5 Å². The summed E-state index contributed by atoms with van der Waals surface area (Å²) >= 11 is 3.12.